The first-order valence-electron chi connectivity index (χ1n) is 9.41. The van der Waals surface area contributed by atoms with Crippen LogP contribution < -0.4 is 0 Å². The summed E-state index contributed by atoms with van der Waals surface area (Å²) in [5.41, 5.74) is 1.46. The summed E-state index contributed by atoms with van der Waals surface area (Å²) in [6, 6.07) is 11.7. The maximum Gasteiger partial charge on any atom is 0.0117 e. The van der Waals surface area contributed by atoms with Gasteiger partial charge in [-0.05, 0) is 58.1 Å². The van der Waals surface area contributed by atoms with Crippen LogP contribution in [0.1, 0.15) is 32.3 Å². The van der Waals surface area contributed by atoms with Gasteiger partial charge in [0.1, 0.15) is 0 Å². The Balaban J connectivity index is 1.65. The molecule has 0 amide bonds. The number of likely N-dealkylation sites (N-methyl/N-ethyl adjacent to an activating group) is 2. The van der Waals surface area contributed by atoms with Gasteiger partial charge in [0.15, 0.2) is 0 Å². The molecule has 0 bridgehead atoms. The molecule has 0 aromatic heterocycles. The van der Waals surface area contributed by atoms with Gasteiger partial charge < -0.3 is 14.7 Å². The fourth-order valence-electron chi connectivity index (χ4n) is 3.54. The molecular formula is C20H35N3. The lowest BCUT2D eigenvalue weighted by Crippen LogP contribution is -2.45. The molecule has 1 aliphatic heterocycles. The Morgan fingerprint density at radius 2 is 1.65 bits per heavy atom. The van der Waals surface area contributed by atoms with E-state index in [1.807, 2.05) is 0 Å². The number of benzene rings is 1. The van der Waals surface area contributed by atoms with Crippen molar-refractivity contribution in [2.24, 2.45) is 0 Å². The second-order valence-corrected chi connectivity index (χ2v) is 6.82. The summed E-state index contributed by atoms with van der Waals surface area (Å²) < 4.78 is 0. The summed E-state index contributed by atoms with van der Waals surface area (Å²) in [7, 11) is 2.31. The van der Waals surface area contributed by atoms with E-state index in [2.05, 4.69) is 65.9 Å². The van der Waals surface area contributed by atoms with E-state index in [4.69, 9.17) is 0 Å². The predicted octanol–water partition coefficient (Wildman–Crippen LogP) is 2.97. The van der Waals surface area contributed by atoms with Crippen molar-refractivity contribution in [3.63, 3.8) is 0 Å². The average molecular weight is 318 g/mol. The number of hydrogen-bond donors (Lipinski definition) is 0. The quantitative estimate of drug-likeness (QED) is 0.693. The molecule has 1 fully saturated rings. The molecule has 3 nitrogen and oxygen atoms in total. The molecule has 1 aromatic carbocycles. The fourth-order valence-corrected chi connectivity index (χ4v) is 3.54. The number of rotatable bonds is 9. The van der Waals surface area contributed by atoms with Gasteiger partial charge in [-0.15, -0.1) is 0 Å². The lowest BCUT2D eigenvalue weighted by atomic mass is 10.0. The van der Waals surface area contributed by atoms with Crippen molar-refractivity contribution in [3.05, 3.63) is 35.9 Å². The van der Waals surface area contributed by atoms with Crippen molar-refractivity contribution in [1.29, 1.82) is 0 Å². The first-order valence-corrected chi connectivity index (χ1v) is 9.41. The van der Waals surface area contributed by atoms with Crippen molar-refractivity contribution in [2.75, 3.05) is 52.9 Å². The fraction of sp³-hybridized carbons (Fsp3) is 0.700. The summed E-state index contributed by atoms with van der Waals surface area (Å²) >= 11 is 0. The topological polar surface area (TPSA) is 9.72 Å². The molecule has 1 aliphatic rings. The van der Waals surface area contributed by atoms with Crippen LogP contribution in [0.15, 0.2) is 30.3 Å². The van der Waals surface area contributed by atoms with Crippen molar-refractivity contribution >= 4 is 0 Å². The third-order valence-electron chi connectivity index (χ3n) is 5.40. The van der Waals surface area contributed by atoms with Crippen LogP contribution in [0.25, 0.3) is 0 Å². The molecule has 0 unspecified atom stereocenters. The van der Waals surface area contributed by atoms with E-state index in [9.17, 15) is 0 Å². The van der Waals surface area contributed by atoms with Gasteiger partial charge in [0, 0.05) is 25.7 Å². The maximum absolute atomic E-state index is 2.64. The molecule has 23 heavy (non-hydrogen) atoms. The number of piperidine rings is 1. The highest BCUT2D eigenvalue weighted by Crippen LogP contribution is 2.16. The second-order valence-electron chi connectivity index (χ2n) is 6.82. The molecule has 3 heteroatoms. The molecule has 0 aliphatic carbocycles. The molecule has 0 saturated carbocycles. The lowest BCUT2D eigenvalue weighted by Gasteiger charge is -2.37. The van der Waals surface area contributed by atoms with Gasteiger partial charge in [0.25, 0.3) is 0 Å². The molecular weight excluding hydrogens is 282 g/mol. The normalized spacial score (nSPS) is 17.3. The van der Waals surface area contributed by atoms with E-state index >= 15 is 0 Å². The molecule has 1 aromatic rings. The van der Waals surface area contributed by atoms with E-state index < -0.39 is 0 Å². The first-order chi connectivity index (χ1) is 11.2. The van der Waals surface area contributed by atoms with Crippen molar-refractivity contribution in [1.82, 2.24) is 14.7 Å². The van der Waals surface area contributed by atoms with Crippen LogP contribution in [-0.4, -0.2) is 73.6 Å². The van der Waals surface area contributed by atoms with Crippen LogP contribution >= 0.6 is 0 Å². The second kappa shape index (κ2) is 10.1. The molecule has 0 spiro atoms. The molecule has 130 valence electrons. The number of nitrogens with zero attached hydrogens (tertiary/aromatic N) is 3. The van der Waals surface area contributed by atoms with Crippen LogP contribution in [0.5, 0.6) is 0 Å². The summed E-state index contributed by atoms with van der Waals surface area (Å²) in [4.78, 5) is 7.75. The highest BCUT2D eigenvalue weighted by molar-refractivity contribution is 5.14. The largest absolute Gasteiger partial charge is 0.303 e. The van der Waals surface area contributed by atoms with Crippen molar-refractivity contribution in [2.45, 2.75) is 39.2 Å². The molecule has 1 saturated heterocycles. The smallest absolute Gasteiger partial charge is 0.0117 e. The van der Waals surface area contributed by atoms with E-state index in [1.165, 1.54) is 70.6 Å². The molecule has 0 radical (unpaired) electrons. The van der Waals surface area contributed by atoms with Crippen LogP contribution in [0.2, 0.25) is 0 Å². The van der Waals surface area contributed by atoms with Gasteiger partial charge in [-0.1, -0.05) is 44.2 Å². The van der Waals surface area contributed by atoms with Gasteiger partial charge in [0.2, 0.25) is 0 Å². The monoisotopic (exact) mass is 317 g/mol. The number of hydrogen-bond acceptors (Lipinski definition) is 3. The standard InChI is InChI=1S/C20H35N3/c1-4-22(5-2)18-17-21(3)20-12-15-23(16-13-20)14-11-19-9-7-6-8-10-19/h6-10,20H,4-5,11-18H2,1-3H3. The Labute approximate surface area is 143 Å². The molecule has 0 N–H and O–H groups in total. The zero-order valence-corrected chi connectivity index (χ0v) is 15.4. The summed E-state index contributed by atoms with van der Waals surface area (Å²) in [6.07, 6.45) is 3.83. The lowest BCUT2D eigenvalue weighted by molar-refractivity contribution is 0.118. The summed E-state index contributed by atoms with van der Waals surface area (Å²) in [6.45, 7) is 13.0. The zero-order chi connectivity index (χ0) is 16.5. The van der Waals surface area contributed by atoms with Crippen molar-refractivity contribution < 1.29 is 0 Å². The Morgan fingerprint density at radius 1 is 1.00 bits per heavy atom. The molecule has 2 rings (SSSR count). The minimum Gasteiger partial charge on any atom is -0.303 e. The van der Waals surface area contributed by atoms with E-state index in [0.29, 0.717) is 0 Å². The highest BCUT2D eigenvalue weighted by Gasteiger charge is 2.22. The predicted molar refractivity (Wildman–Crippen MR) is 100 cm³/mol. The molecule has 1 heterocycles. The summed E-state index contributed by atoms with van der Waals surface area (Å²) in [5, 5.41) is 0. The Kier molecular flexibility index (Phi) is 8.07. The zero-order valence-electron chi connectivity index (χ0n) is 15.4. The summed E-state index contributed by atoms with van der Waals surface area (Å²) in [5.74, 6) is 0. The van der Waals surface area contributed by atoms with E-state index in [1.54, 1.807) is 0 Å². The average Bonchev–Trinajstić information content (AvgIpc) is 2.62. The van der Waals surface area contributed by atoms with E-state index in [-0.39, 0.29) is 0 Å². The van der Waals surface area contributed by atoms with Gasteiger partial charge >= 0.3 is 0 Å². The molecule has 0 atom stereocenters. The first kappa shape index (κ1) is 18.4. The van der Waals surface area contributed by atoms with Gasteiger partial charge in [0.05, 0.1) is 0 Å². The SMILES string of the molecule is CCN(CC)CCN(C)C1CCN(CCc2ccccc2)CC1. The van der Waals surface area contributed by atoms with Crippen LogP contribution in [0, 0.1) is 0 Å². The van der Waals surface area contributed by atoms with E-state index in [0.717, 1.165) is 6.04 Å². The Morgan fingerprint density at radius 3 is 2.26 bits per heavy atom. The van der Waals surface area contributed by atoms with Crippen LogP contribution in [0.4, 0.5) is 0 Å². The highest BCUT2D eigenvalue weighted by atomic mass is 15.2. The third kappa shape index (κ3) is 6.25. The van der Waals surface area contributed by atoms with Crippen molar-refractivity contribution in [3.8, 4) is 0 Å². The third-order valence-corrected chi connectivity index (χ3v) is 5.40. The minimum absolute atomic E-state index is 0.776. The maximum atomic E-state index is 2.64. The van der Waals surface area contributed by atoms with Gasteiger partial charge in [-0.3, -0.25) is 0 Å². The van der Waals surface area contributed by atoms with Crippen LogP contribution in [0.3, 0.4) is 0 Å². The van der Waals surface area contributed by atoms with Crippen LogP contribution in [-0.2, 0) is 6.42 Å². The Hall–Kier alpha value is -0.900. The van der Waals surface area contributed by atoms with Gasteiger partial charge in [-0.2, -0.15) is 0 Å². The Bertz CT molecular complexity index is 408. The number of likely N-dealkylation sites (tertiary alicyclic amines) is 1. The van der Waals surface area contributed by atoms with Gasteiger partial charge in [-0.25, -0.2) is 0 Å². The minimum atomic E-state index is 0.776.